The predicted octanol–water partition coefficient (Wildman–Crippen LogP) is 12.4. The van der Waals surface area contributed by atoms with E-state index in [0.29, 0.717) is 85.5 Å². The van der Waals surface area contributed by atoms with Gasteiger partial charge >= 0.3 is 0 Å². The minimum Gasteiger partial charge on any atom is -0.384 e. The number of hydrogen-bond donors (Lipinski definition) is 0. The van der Waals surface area contributed by atoms with E-state index < -0.39 is 95.6 Å². The maximum atomic E-state index is 14.8. The van der Waals surface area contributed by atoms with Gasteiger partial charge in [-0.15, -0.1) is 25.5 Å². The number of aromatic nitrogens is 21. The zero-order chi connectivity index (χ0) is 94.7. The van der Waals surface area contributed by atoms with Crippen LogP contribution in [0, 0.1) is 51.1 Å². The molecule has 6 aliphatic rings. The third kappa shape index (κ3) is 17.0. The maximum absolute atomic E-state index is 14.8. The highest BCUT2D eigenvalue weighted by Crippen LogP contribution is 2.72. The fourth-order valence-corrected chi connectivity index (χ4v) is 23.6. The third-order valence-electron chi connectivity index (χ3n) is 28.0. The molecule has 10 aromatic heterocycles. The Hall–Kier alpha value is -11.7. The van der Waals surface area contributed by atoms with E-state index in [1.165, 1.54) is 78.1 Å². The van der Waals surface area contributed by atoms with E-state index in [1.54, 1.807) is 77.6 Å². The molecule has 0 saturated heterocycles. The Kier molecular flexibility index (Phi) is 24.5. The summed E-state index contributed by atoms with van der Waals surface area (Å²) in [4.78, 5) is 32.6. The summed E-state index contributed by atoms with van der Waals surface area (Å²) in [6.07, 6.45) is 22.3. The highest BCUT2D eigenvalue weighted by atomic mass is 32.2. The molecule has 3 aromatic carbocycles. The number of ether oxygens (including phenoxy) is 2. The molecule has 30 nitrogen and oxygen atoms in total. The van der Waals surface area contributed by atoms with E-state index in [1.807, 2.05) is 30.5 Å². The highest BCUT2D eigenvalue weighted by Gasteiger charge is 2.68. The number of nitrogens with zero attached hydrogens (tertiary/aromatic N) is 21. The van der Waals surface area contributed by atoms with E-state index >= 15 is 0 Å². The van der Waals surface area contributed by atoms with Gasteiger partial charge in [-0.2, -0.15) is 25.5 Å². The molecule has 10 heterocycles. The van der Waals surface area contributed by atoms with Crippen LogP contribution in [0.2, 0.25) is 0 Å². The summed E-state index contributed by atoms with van der Waals surface area (Å²) in [6, 6.07) is 24.2. The number of aryl methyl sites for hydroxylation is 4. The van der Waals surface area contributed by atoms with Crippen molar-refractivity contribution in [2.24, 2.45) is 16.2 Å². The largest absolute Gasteiger partial charge is 0.384 e. The summed E-state index contributed by atoms with van der Waals surface area (Å²) < 4.78 is 188. The van der Waals surface area contributed by atoms with Crippen LogP contribution in [-0.2, 0) is 103 Å². The molecule has 3 saturated carbocycles. The zero-order valence-electron chi connectivity index (χ0n) is 75.3. The monoisotopic (exact) mass is 1900 g/mol. The molecular formula is C93H99F6N21O9S4. The molecule has 0 aliphatic heterocycles. The van der Waals surface area contributed by atoms with Crippen LogP contribution in [0.15, 0.2) is 135 Å². The Bertz CT molecular complexity index is 6850. The Labute approximate surface area is 766 Å². The normalized spacial score (nSPS) is 20.7. The third-order valence-corrected chi connectivity index (χ3v) is 31.9. The van der Waals surface area contributed by atoms with Gasteiger partial charge in [-0.25, -0.2) is 105 Å². The van der Waals surface area contributed by atoms with Gasteiger partial charge in [-0.3, -0.25) is 4.21 Å². The van der Waals surface area contributed by atoms with Crippen molar-refractivity contribution in [2.75, 3.05) is 75.5 Å². The maximum Gasteiger partial charge on any atom is 0.250 e. The van der Waals surface area contributed by atoms with Gasteiger partial charge in [0.25, 0.3) is 11.9 Å². The van der Waals surface area contributed by atoms with E-state index in [-0.39, 0.29) is 92.5 Å². The topological polar surface area (TPSA) is 377 Å². The molecule has 0 spiro atoms. The molecule has 13 aromatic rings. The fraction of sp³-hybridized carbons (Fsp3) is 0.419. The number of rotatable bonds is 28. The summed E-state index contributed by atoms with van der Waals surface area (Å²) >= 11 is 0. The molecule has 133 heavy (non-hydrogen) atoms. The molecule has 0 N–H and O–H groups in total. The lowest BCUT2D eigenvalue weighted by atomic mass is 9.64. The van der Waals surface area contributed by atoms with Crippen molar-refractivity contribution in [3.05, 3.63) is 254 Å². The van der Waals surface area contributed by atoms with Crippen LogP contribution in [0.1, 0.15) is 183 Å². The minimum atomic E-state index is -3.22. The first-order valence-corrected chi connectivity index (χ1v) is 51.9. The van der Waals surface area contributed by atoms with Crippen LogP contribution in [0.25, 0.3) is 57.3 Å². The second-order valence-corrected chi connectivity index (χ2v) is 46.7. The van der Waals surface area contributed by atoms with Crippen molar-refractivity contribution in [1.82, 2.24) is 105 Å². The Morgan fingerprint density at radius 3 is 1.16 bits per heavy atom. The van der Waals surface area contributed by atoms with E-state index in [4.69, 9.17) is 29.5 Å². The number of halogens is 6. The van der Waals surface area contributed by atoms with Crippen LogP contribution >= 0.6 is 0 Å². The SMILES string of the molecule is C=S(C)(=O)CCc1ncn(-c2cc([C@@]34CC[C@@H](c5cc(-c6c(F)cccc6F)nnc53)C4(C)C)cc(-n3cnc(CCS(C)(=O)=O)n3)n2)n1.COCCc1cn(-c2nccc([C@@]34CC[C@@H](c5cc(-c6c(F)cccc6F)nnc53)C4(C)C)n2)nc1CCS(C)(=O)=O.COCCc1nn(-c2nccc([C@@]34CC[C@@H](c5cc(-c6c(F)cccc6F)nnc53)C4(C)C)n2)cc1CCS(C)(=O)=O. The quantitative estimate of drug-likeness (QED) is 0.0325. The smallest absolute Gasteiger partial charge is 0.250 e. The Morgan fingerprint density at radius 1 is 0.406 bits per heavy atom. The van der Waals surface area contributed by atoms with Crippen molar-refractivity contribution in [1.29, 1.82) is 0 Å². The lowest BCUT2D eigenvalue weighted by Crippen LogP contribution is -2.38. The molecule has 6 bridgehead atoms. The van der Waals surface area contributed by atoms with Crippen LogP contribution in [0.3, 0.4) is 0 Å². The van der Waals surface area contributed by atoms with Gasteiger partial charge in [0.1, 0.15) is 77.1 Å². The van der Waals surface area contributed by atoms with Gasteiger partial charge in [-0.05, 0) is 213 Å². The van der Waals surface area contributed by atoms with Crippen LogP contribution in [0.4, 0.5) is 26.3 Å². The fourth-order valence-electron chi connectivity index (χ4n) is 21.3. The van der Waals surface area contributed by atoms with E-state index in [2.05, 4.69) is 113 Å². The van der Waals surface area contributed by atoms with Gasteiger partial charge in [0.15, 0.2) is 23.3 Å². The molecule has 40 heteroatoms. The molecule has 0 radical (unpaired) electrons. The van der Waals surface area contributed by atoms with Crippen molar-refractivity contribution < 1.29 is 65.3 Å². The molecule has 7 atom stereocenters. The summed E-state index contributed by atoms with van der Waals surface area (Å²) in [6.45, 7) is 14.0. The van der Waals surface area contributed by atoms with Gasteiger partial charge in [0.2, 0.25) is 0 Å². The van der Waals surface area contributed by atoms with Crippen LogP contribution in [0.5, 0.6) is 0 Å². The van der Waals surface area contributed by atoms with Crippen LogP contribution < -0.4 is 0 Å². The predicted molar refractivity (Wildman–Crippen MR) is 485 cm³/mol. The molecule has 6 aliphatic carbocycles. The van der Waals surface area contributed by atoms with Crippen molar-refractivity contribution in [3.63, 3.8) is 0 Å². The number of methoxy groups -OCH3 is 2. The van der Waals surface area contributed by atoms with Crippen molar-refractivity contribution >= 4 is 44.9 Å². The second-order valence-electron chi connectivity index (χ2n) is 37.2. The summed E-state index contributed by atoms with van der Waals surface area (Å²) in [5.41, 5.74) is 7.57. The van der Waals surface area contributed by atoms with Crippen LogP contribution in [-0.4, -0.2) is 215 Å². The van der Waals surface area contributed by atoms with Crippen molar-refractivity contribution in [3.8, 4) is 57.3 Å². The van der Waals surface area contributed by atoms with Gasteiger partial charge < -0.3 is 9.47 Å². The molecular weight excluding hydrogens is 1800 g/mol. The molecule has 0 amide bonds. The summed E-state index contributed by atoms with van der Waals surface area (Å²) in [5, 5.41) is 45.4. The second kappa shape index (κ2) is 34.9. The molecule has 3 fully saturated rings. The van der Waals surface area contributed by atoms with Gasteiger partial charge in [-0.1, -0.05) is 59.7 Å². The molecule has 1 unspecified atom stereocenters. The molecule has 19 rings (SSSR count). The zero-order valence-corrected chi connectivity index (χ0v) is 78.6. The summed E-state index contributed by atoms with van der Waals surface area (Å²) in [7, 11) is -8.58. The van der Waals surface area contributed by atoms with Gasteiger partial charge in [0.05, 0.1) is 115 Å². The first-order chi connectivity index (χ1) is 63.0. The number of pyridine rings is 1. The Morgan fingerprint density at radius 2 is 0.759 bits per heavy atom. The lowest BCUT2D eigenvalue weighted by Gasteiger charge is -2.38. The summed E-state index contributed by atoms with van der Waals surface area (Å²) in [5.74, 6) is 2.45. The standard InChI is InChI=1S/C33H35F2N9O3S2.2C30H32F2N6O3S/c1-32(2)22-9-12-33(32,31-21(22)17-25(39-40-31)30-23(34)7-6-8-24(30)35)20-15-28(43-18-36-26(41-43)10-13-48(3,4)45)38-29(16-20)44-19-37-27(42-44)11-14-49(5,46)47;1-29(2)20-8-12-30(29,27-19(20)16-24(35-36-27)26-21(31)6-5-7-22(26)32)25-9-13-33-28(34-25)38-17-18(11-15-42(4,39)40)23(37-38)10-14-41-3;1-29(2)20-8-12-30(29,27-19(20)16-24(35-36-27)26-21(31)6-5-7-22(26)32)25-9-13-33-28(34-25)38-17-18(10-14-41-3)23(37-38)11-15-42(4,39)40/h6-8,15-19,22H,3,9-14H2,1-2,4-5H3;2*5-7,9,13,16-17,20H,8,10-12,14-15H2,1-4H3/t22-,33-,48?;2*20-,30-/m000/s1. The lowest BCUT2D eigenvalue weighted by molar-refractivity contribution is 0.201. The Balaban J connectivity index is 0.000000140. The average molecular weight is 1900 g/mol. The van der Waals surface area contributed by atoms with Crippen molar-refractivity contribution in [2.45, 2.75) is 153 Å². The number of sulfone groups is 3. The minimum absolute atomic E-state index is 0.00643. The van der Waals surface area contributed by atoms with E-state index in [9.17, 15) is 55.8 Å². The highest BCUT2D eigenvalue weighted by molar-refractivity contribution is 7.99. The number of benzene rings is 3. The number of fused-ring (bicyclic) bond motifs is 15. The molecule has 696 valence electrons. The first kappa shape index (κ1) is 93.1. The average Bonchev–Trinajstić information content (AvgIpc) is 1.52. The van der Waals surface area contributed by atoms with Gasteiger partial charge in [0, 0.05) is 101 Å². The van der Waals surface area contributed by atoms with E-state index in [0.717, 1.165) is 112 Å². The first-order valence-electron chi connectivity index (χ1n) is 43.4. The number of hydrogen-bond acceptors (Lipinski definition) is 26.